The van der Waals surface area contributed by atoms with E-state index < -0.39 is 0 Å². The van der Waals surface area contributed by atoms with Gasteiger partial charge in [-0.05, 0) is 42.5 Å². The summed E-state index contributed by atoms with van der Waals surface area (Å²) in [7, 11) is 0. The molecule has 0 aromatic carbocycles. The highest BCUT2D eigenvalue weighted by molar-refractivity contribution is 7.10. The van der Waals surface area contributed by atoms with E-state index in [4.69, 9.17) is 0 Å². The number of nitrogens with one attached hydrogen (secondary N) is 2. The van der Waals surface area contributed by atoms with Gasteiger partial charge in [-0.25, -0.2) is 4.98 Å². The Morgan fingerprint density at radius 2 is 2.15 bits per heavy atom. The highest BCUT2D eigenvalue weighted by Crippen LogP contribution is 2.17. The number of aryl methyl sites for hydroxylation is 1. The molecule has 0 atom stereocenters. The summed E-state index contributed by atoms with van der Waals surface area (Å²) in [5.41, 5.74) is 1.74. The molecule has 0 radical (unpaired) electrons. The molecule has 0 aliphatic rings. The minimum atomic E-state index is -0.139. The third-order valence-electron chi connectivity index (χ3n) is 2.97. The van der Waals surface area contributed by atoms with Crippen molar-refractivity contribution in [3.05, 3.63) is 45.8 Å². The van der Waals surface area contributed by atoms with Crippen molar-refractivity contribution >= 4 is 23.1 Å². The van der Waals surface area contributed by atoms with Gasteiger partial charge >= 0.3 is 0 Å². The van der Waals surface area contributed by atoms with Gasteiger partial charge in [0, 0.05) is 11.4 Å². The third-order valence-corrected chi connectivity index (χ3v) is 3.93. The standard InChI is InChI=1S/C15H19N3OS/c1-3-11-8-9-20-13(11)10-17-15(19)12-6-5-7-14(18-12)16-4-2/h5-9H,3-4,10H2,1-2H3,(H,16,18)(H,17,19). The molecule has 2 rings (SSSR count). The number of anilines is 1. The quantitative estimate of drug-likeness (QED) is 0.859. The van der Waals surface area contributed by atoms with E-state index in [1.165, 1.54) is 10.4 Å². The highest BCUT2D eigenvalue weighted by atomic mass is 32.1. The van der Waals surface area contributed by atoms with Gasteiger partial charge in [0.05, 0.1) is 6.54 Å². The molecule has 106 valence electrons. The molecule has 2 aromatic rings. The van der Waals surface area contributed by atoms with Crippen molar-refractivity contribution in [3.8, 4) is 0 Å². The molecule has 0 bridgehead atoms. The topological polar surface area (TPSA) is 54.0 Å². The van der Waals surface area contributed by atoms with E-state index in [1.54, 1.807) is 17.4 Å². The fourth-order valence-corrected chi connectivity index (χ4v) is 2.84. The third kappa shape index (κ3) is 3.57. The number of hydrogen-bond donors (Lipinski definition) is 2. The molecule has 1 amide bonds. The molecule has 2 heterocycles. The minimum Gasteiger partial charge on any atom is -0.370 e. The van der Waals surface area contributed by atoms with E-state index in [0.717, 1.165) is 18.8 Å². The fourth-order valence-electron chi connectivity index (χ4n) is 1.93. The Kier molecular flexibility index (Phi) is 5.12. The molecule has 0 aliphatic heterocycles. The van der Waals surface area contributed by atoms with Crippen LogP contribution in [0, 0.1) is 0 Å². The lowest BCUT2D eigenvalue weighted by Crippen LogP contribution is -2.24. The number of pyridine rings is 1. The van der Waals surface area contributed by atoms with Crippen molar-refractivity contribution in [2.75, 3.05) is 11.9 Å². The minimum absolute atomic E-state index is 0.139. The monoisotopic (exact) mass is 289 g/mol. The van der Waals surface area contributed by atoms with Crippen LogP contribution in [0.25, 0.3) is 0 Å². The van der Waals surface area contributed by atoms with E-state index in [-0.39, 0.29) is 5.91 Å². The molecule has 0 aliphatic carbocycles. The van der Waals surface area contributed by atoms with Crippen LogP contribution in [0.15, 0.2) is 29.6 Å². The van der Waals surface area contributed by atoms with Crippen LogP contribution in [-0.4, -0.2) is 17.4 Å². The van der Waals surface area contributed by atoms with E-state index in [0.29, 0.717) is 12.2 Å². The Labute approximate surface area is 123 Å². The average Bonchev–Trinajstić information content (AvgIpc) is 2.93. The van der Waals surface area contributed by atoms with Gasteiger partial charge in [-0.3, -0.25) is 4.79 Å². The van der Waals surface area contributed by atoms with E-state index in [1.807, 2.05) is 19.1 Å². The molecule has 0 saturated heterocycles. The molecule has 20 heavy (non-hydrogen) atoms. The zero-order chi connectivity index (χ0) is 14.4. The van der Waals surface area contributed by atoms with Gasteiger partial charge in [-0.1, -0.05) is 13.0 Å². The summed E-state index contributed by atoms with van der Waals surface area (Å²) in [4.78, 5) is 17.6. The van der Waals surface area contributed by atoms with Gasteiger partial charge in [0.25, 0.3) is 5.91 Å². The summed E-state index contributed by atoms with van der Waals surface area (Å²) in [5, 5.41) is 8.09. The maximum absolute atomic E-state index is 12.1. The van der Waals surface area contributed by atoms with Crippen LogP contribution in [0.1, 0.15) is 34.8 Å². The summed E-state index contributed by atoms with van der Waals surface area (Å²) >= 11 is 1.68. The first-order valence-electron chi connectivity index (χ1n) is 6.79. The lowest BCUT2D eigenvalue weighted by molar-refractivity contribution is 0.0946. The predicted molar refractivity (Wildman–Crippen MR) is 83.3 cm³/mol. The Morgan fingerprint density at radius 1 is 1.30 bits per heavy atom. The molecule has 0 fully saturated rings. The van der Waals surface area contributed by atoms with Crippen molar-refractivity contribution in [1.82, 2.24) is 10.3 Å². The molecular weight excluding hydrogens is 270 g/mol. The summed E-state index contributed by atoms with van der Waals surface area (Å²) in [6.45, 7) is 5.46. The Morgan fingerprint density at radius 3 is 2.90 bits per heavy atom. The summed E-state index contributed by atoms with van der Waals surface area (Å²) in [6, 6.07) is 7.53. The van der Waals surface area contributed by atoms with E-state index >= 15 is 0 Å². The number of aromatic nitrogens is 1. The van der Waals surface area contributed by atoms with Gasteiger partial charge in [0.1, 0.15) is 11.5 Å². The van der Waals surface area contributed by atoms with Crippen LogP contribution >= 0.6 is 11.3 Å². The number of hydrogen-bond acceptors (Lipinski definition) is 4. The number of nitrogens with zero attached hydrogens (tertiary/aromatic N) is 1. The van der Waals surface area contributed by atoms with Crippen molar-refractivity contribution < 1.29 is 4.79 Å². The number of carbonyl (C=O) groups is 1. The number of thiophene rings is 1. The molecular formula is C15H19N3OS. The van der Waals surface area contributed by atoms with Gasteiger partial charge in [0.15, 0.2) is 0 Å². The predicted octanol–water partition coefficient (Wildman–Crippen LogP) is 3.07. The zero-order valence-electron chi connectivity index (χ0n) is 11.8. The van der Waals surface area contributed by atoms with Gasteiger partial charge in [-0.2, -0.15) is 0 Å². The molecule has 2 N–H and O–H groups in total. The summed E-state index contributed by atoms with van der Waals surface area (Å²) in [6.07, 6.45) is 0.989. The maximum Gasteiger partial charge on any atom is 0.270 e. The van der Waals surface area contributed by atoms with Crippen molar-refractivity contribution in [2.24, 2.45) is 0 Å². The van der Waals surface area contributed by atoms with Crippen LogP contribution in [-0.2, 0) is 13.0 Å². The smallest absolute Gasteiger partial charge is 0.270 e. The SMILES string of the molecule is CCNc1cccc(C(=O)NCc2sccc2CC)n1. The van der Waals surface area contributed by atoms with Crippen LogP contribution in [0.2, 0.25) is 0 Å². The summed E-state index contributed by atoms with van der Waals surface area (Å²) in [5.74, 6) is 0.589. The molecule has 0 unspecified atom stereocenters. The normalized spacial score (nSPS) is 10.3. The molecule has 4 nitrogen and oxygen atoms in total. The van der Waals surface area contributed by atoms with Gasteiger partial charge < -0.3 is 10.6 Å². The Bertz CT molecular complexity index is 580. The molecule has 0 saturated carbocycles. The molecule has 0 spiro atoms. The number of carbonyl (C=O) groups excluding carboxylic acids is 1. The van der Waals surface area contributed by atoms with Crippen molar-refractivity contribution in [2.45, 2.75) is 26.8 Å². The van der Waals surface area contributed by atoms with Gasteiger partial charge in [-0.15, -0.1) is 11.3 Å². The second-order valence-electron chi connectivity index (χ2n) is 4.34. The molecule has 5 heteroatoms. The summed E-state index contributed by atoms with van der Waals surface area (Å²) < 4.78 is 0. The first-order chi connectivity index (χ1) is 9.74. The second kappa shape index (κ2) is 7.05. The number of amides is 1. The number of rotatable bonds is 6. The lowest BCUT2D eigenvalue weighted by atomic mass is 10.2. The largest absolute Gasteiger partial charge is 0.370 e. The molecule has 2 aromatic heterocycles. The zero-order valence-corrected chi connectivity index (χ0v) is 12.6. The van der Waals surface area contributed by atoms with Gasteiger partial charge in [0.2, 0.25) is 0 Å². The van der Waals surface area contributed by atoms with Crippen LogP contribution in [0.5, 0.6) is 0 Å². The highest BCUT2D eigenvalue weighted by Gasteiger charge is 2.09. The van der Waals surface area contributed by atoms with Crippen LogP contribution in [0.3, 0.4) is 0 Å². The Balaban J connectivity index is 1.99. The van der Waals surface area contributed by atoms with Crippen LogP contribution < -0.4 is 10.6 Å². The second-order valence-corrected chi connectivity index (χ2v) is 5.34. The lowest BCUT2D eigenvalue weighted by Gasteiger charge is -2.07. The van der Waals surface area contributed by atoms with E-state index in [9.17, 15) is 4.79 Å². The fraction of sp³-hybridized carbons (Fsp3) is 0.333. The maximum atomic E-state index is 12.1. The van der Waals surface area contributed by atoms with Crippen molar-refractivity contribution in [3.63, 3.8) is 0 Å². The Hall–Kier alpha value is -1.88. The van der Waals surface area contributed by atoms with Crippen molar-refractivity contribution in [1.29, 1.82) is 0 Å². The first kappa shape index (κ1) is 14.5. The first-order valence-corrected chi connectivity index (χ1v) is 7.67. The van der Waals surface area contributed by atoms with E-state index in [2.05, 4.69) is 34.0 Å². The average molecular weight is 289 g/mol. The van der Waals surface area contributed by atoms with Crippen LogP contribution in [0.4, 0.5) is 5.82 Å².